The van der Waals surface area contributed by atoms with Crippen LogP contribution >= 0.6 is 0 Å². The molecule has 0 aliphatic rings. The lowest BCUT2D eigenvalue weighted by molar-refractivity contribution is 1.23. The minimum atomic E-state index is 0.841. The van der Waals surface area contributed by atoms with Crippen LogP contribution in [0.25, 0.3) is 0 Å². The monoisotopic (exact) mass is 182 g/mol. The van der Waals surface area contributed by atoms with Gasteiger partial charge in [0, 0.05) is 24.2 Å². The quantitative estimate of drug-likeness (QED) is 0.621. The maximum Gasteiger partial charge on any atom is 0.116 e. The highest BCUT2D eigenvalue weighted by molar-refractivity contribution is 5.41. The van der Waals surface area contributed by atoms with Gasteiger partial charge in [-0.05, 0) is 30.5 Å². The van der Waals surface area contributed by atoms with Crippen molar-refractivity contribution in [1.29, 1.82) is 0 Å². The maximum absolute atomic E-state index is 4.19. The molecule has 0 aliphatic heterocycles. The number of rotatable bonds is 0. The Kier molecular flexibility index (Phi) is 2.33. The Morgan fingerprint density at radius 1 is 1.29 bits per heavy atom. The first-order valence-electron chi connectivity index (χ1n) is 4.43. The van der Waals surface area contributed by atoms with E-state index in [2.05, 4.69) is 21.8 Å². The minimum absolute atomic E-state index is 0.841. The zero-order valence-electron chi connectivity index (χ0n) is 7.91. The Morgan fingerprint density at radius 3 is 2.93 bits per heavy atom. The van der Waals surface area contributed by atoms with E-state index < -0.39 is 0 Å². The Morgan fingerprint density at radius 2 is 2.21 bits per heavy atom. The molecule has 0 spiro atoms. The van der Waals surface area contributed by atoms with Crippen molar-refractivity contribution in [2.75, 3.05) is 0 Å². The summed E-state index contributed by atoms with van der Waals surface area (Å²) < 4.78 is 0. The predicted octanol–water partition coefficient (Wildman–Crippen LogP) is 2.12. The second kappa shape index (κ2) is 3.80. The van der Waals surface area contributed by atoms with Gasteiger partial charge in [-0.1, -0.05) is 12.0 Å². The van der Waals surface area contributed by atoms with Gasteiger partial charge >= 0.3 is 0 Å². The number of nitrogens with one attached hydrogen (secondary N) is 1. The van der Waals surface area contributed by atoms with E-state index in [4.69, 9.17) is 0 Å². The molecule has 0 saturated carbocycles. The lowest BCUT2D eigenvalue weighted by Crippen LogP contribution is -1.85. The molecule has 14 heavy (non-hydrogen) atoms. The van der Waals surface area contributed by atoms with Crippen molar-refractivity contribution in [3.8, 4) is 11.8 Å². The van der Waals surface area contributed by atoms with Crippen molar-refractivity contribution in [2.24, 2.45) is 0 Å². The topological polar surface area (TPSA) is 28.7 Å². The third-order valence-corrected chi connectivity index (χ3v) is 1.93. The zero-order valence-corrected chi connectivity index (χ0v) is 7.91. The fourth-order valence-corrected chi connectivity index (χ4v) is 1.15. The van der Waals surface area contributed by atoms with Crippen molar-refractivity contribution in [2.45, 2.75) is 6.92 Å². The smallest absolute Gasteiger partial charge is 0.116 e. The zero-order chi connectivity index (χ0) is 9.80. The van der Waals surface area contributed by atoms with Crippen LogP contribution in [0.4, 0.5) is 0 Å². The summed E-state index contributed by atoms with van der Waals surface area (Å²) in [6.45, 7) is 2.01. The SMILES string of the molecule is Cc1cccnc1C#Cc1cc[nH]c1. The first-order valence-corrected chi connectivity index (χ1v) is 4.43. The number of hydrogen-bond donors (Lipinski definition) is 1. The van der Waals surface area contributed by atoms with E-state index in [9.17, 15) is 0 Å². The molecule has 1 N–H and O–H groups in total. The summed E-state index contributed by atoms with van der Waals surface area (Å²) in [7, 11) is 0. The van der Waals surface area contributed by atoms with Crippen LogP contribution in [-0.2, 0) is 0 Å². The highest BCUT2D eigenvalue weighted by atomic mass is 14.7. The first-order chi connectivity index (χ1) is 6.86. The number of pyridine rings is 1. The van der Waals surface area contributed by atoms with E-state index in [1.807, 2.05) is 37.5 Å². The van der Waals surface area contributed by atoms with Gasteiger partial charge in [0.25, 0.3) is 0 Å². The molecule has 2 rings (SSSR count). The van der Waals surface area contributed by atoms with Gasteiger partial charge in [-0.15, -0.1) is 0 Å². The third-order valence-electron chi connectivity index (χ3n) is 1.93. The Hall–Kier alpha value is -2.01. The molecular weight excluding hydrogens is 172 g/mol. The number of nitrogens with zero attached hydrogens (tertiary/aromatic N) is 1. The van der Waals surface area contributed by atoms with E-state index in [-0.39, 0.29) is 0 Å². The molecular formula is C12H10N2. The van der Waals surface area contributed by atoms with Crippen LogP contribution in [0.1, 0.15) is 16.8 Å². The van der Waals surface area contributed by atoms with E-state index >= 15 is 0 Å². The van der Waals surface area contributed by atoms with Gasteiger partial charge in [0.05, 0.1) is 0 Å². The van der Waals surface area contributed by atoms with E-state index in [0.717, 1.165) is 16.8 Å². The second-order valence-electron chi connectivity index (χ2n) is 3.02. The van der Waals surface area contributed by atoms with Crippen LogP contribution in [0.3, 0.4) is 0 Å². The van der Waals surface area contributed by atoms with E-state index in [0.29, 0.717) is 0 Å². The molecule has 68 valence electrons. The molecule has 0 atom stereocenters. The van der Waals surface area contributed by atoms with Crippen LogP contribution < -0.4 is 0 Å². The predicted molar refractivity (Wildman–Crippen MR) is 55.7 cm³/mol. The molecule has 2 aromatic rings. The van der Waals surface area contributed by atoms with Crippen LogP contribution in [0, 0.1) is 18.8 Å². The fourth-order valence-electron chi connectivity index (χ4n) is 1.15. The largest absolute Gasteiger partial charge is 0.367 e. The molecule has 0 radical (unpaired) electrons. The van der Waals surface area contributed by atoms with Crippen LogP contribution in [0.15, 0.2) is 36.8 Å². The molecule has 2 heteroatoms. The fraction of sp³-hybridized carbons (Fsp3) is 0.0833. The summed E-state index contributed by atoms with van der Waals surface area (Å²) in [5.74, 6) is 6.07. The van der Waals surface area contributed by atoms with E-state index in [1.165, 1.54) is 0 Å². The summed E-state index contributed by atoms with van der Waals surface area (Å²) in [5.41, 5.74) is 2.93. The summed E-state index contributed by atoms with van der Waals surface area (Å²) in [6.07, 6.45) is 5.48. The third kappa shape index (κ3) is 1.83. The average Bonchev–Trinajstić information content (AvgIpc) is 2.69. The first kappa shape index (κ1) is 8.58. The van der Waals surface area contributed by atoms with Crippen molar-refractivity contribution in [1.82, 2.24) is 9.97 Å². The summed E-state index contributed by atoms with van der Waals surface area (Å²) in [4.78, 5) is 7.15. The van der Waals surface area contributed by atoms with Crippen LogP contribution in [-0.4, -0.2) is 9.97 Å². The number of hydrogen-bond acceptors (Lipinski definition) is 1. The molecule has 0 bridgehead atoms. The summed E-state index contributed by atoms with van der Waals surface area (Å²) in [5, 5.41) is 0. The number of aryl methyl sites for hydroxylation is 1. The van der Waals surface area contributed by atoms with Crippen LogP contribution in [0.5, 0.6) is 0 Å². The normalized spacial score (nSPS) is 9.21. The molecule has 0 aliphatic carbocycles. The van der Waals surface area contributed by atoms with Gasteiger partial charge < -0.3 is 4.98 Å². The van der Waals surface area contributed by atoms with Crippen molar-refractivity contribution in [3.05, 3.63) is 53.6 Å². The van der Waals surface area contributed by atoms with Gasteiger partial charge in [0.2, 0.25) is 0 Å². The number of H-pyrrole nitrogens is 1. The summed E-state index contributed by atoms with van der Waals surface area (Å²) >= 11 is 0. The molecule has 0 amide bonds. The molecule has 0 aromatic carbocycles. The van der Waals surface area contributed by atoms with Gasteiger partial charge in [0.15, 0.2) is 0 Å². The van der Waals surface area contributed by atoms with Gasteiger partial charge in [-0.2, -0.15) is 0 Å². The van der Waals surface area contributed by atoms with Crippen LogP contribution in [0.2, 0.25) is 0 Å². The molecule has 2 nitrogen and oxygen atoms in total. The Labute approximate surface area is 83.0 Å². The van der Waals surface area contributed by atoms with Crippen molar-refractivity contribution >= 4 is 0 Å². The minimum Gasteiger partial charge on any atom is -0.367 e. The lowest BCUT2D eigenvalue weighted by Gasteiger charge is -1.92. The molecule has 2 aromatic heterocycles. The van der Waals surface area contributed by atoms with Gasteiger partial charge in [-0.25, -0.2) is 4.98 Å². The highest BCUT2D eigenvalue weighted by Crippen LogP contribution is 2.01. The molecule has 0 saturated heterocycles. The maximum atomic E-state index is 4.19. The molecule has 2 heterocycles. The molecule has 0 unspecified atom stereocenters. The van der Waals surface area contributed by atoms with Crippen molar-refractivity contribution in [3.63, 3.8) is 0 Å². The number of aromatic nitrogens is 2. The number of aromatic amines is 1. The van der Waals surface area contributed by atoms with Crippen molar-refractivity contribution < 1.29 is 0 Å². The summed E-state index contributed by atoms with van der Waals surface area (Å²) in [6, 6.07) is 5.86. The molecule has 0 fully saturated rings. The highest BCUT2D eigenvalue weighted by Gasteiger charge is 1.92. The lowest BCUT2D eigenvalue weighted by atomic mass is 10.2. The van der Waals surface area contributed by atoms with Gasteiger partial charge in [-0.3, -0.25) is 0 Å². The average molecular weight is 182 g/mol. The van der Waals surface area contributed by atoms with Gasteiger partial charge in [0.1, 0.15) is 5.69 Å². The standard InChI is InChI=1S/C12H10N2/c1-10-3-2-7-14-12(10)5-4-11-6-8-13-9-11/h2-3,6-9,13H,1H3. The second-order valence-corrected chi connectivity index (χ2v) is 3.02. The Balaban J connectivity index is 2.31. The Bertz CT molecular complexity index is 473. The van der Waals surface area contributed by atoms with E-state index in [1.54, 1.807) is 6.20 Å².